The number of aromatic carboxylic acids is 1. The quantitative estimate of drug-likeness (QED) is 0.632. The number of carboxylic acids is 1. The van der Waals surface area contributed by atoms with E-state index >= 15 is 0 Å². The molecule has 0 radical (unpaired) electrons. The lowest BCUT2D eigenvalue weighted by atomic mass is 10.2. The van der Waals surface area contributed by atoms with Gasteiger partial charge in [0, 0.05) is 19.8 Å². The van der Waals surface area contributed by atoms with E-state index in [9.17, 15) is 4.79 Å². The highest BCUT2D eigenvalue weighted by Crippen LogP contribution is 2.11. The second-order valence-electron chi connectivity index (χ2n) is 3.98. The average molecular weight is 267 g/mol. The fraction of sp³-hybridized carbons (Fsp3) is 0.500. The summed E-state index contributed by atoms with van der Waals surface area (Å²) >= 11 is 0. The smallest absolute Gasteiger partial charge is 0.335 e. The minimum absolute atomic E-state index is 0.265. The zero-order valence-corrected chi connectivity index (χ0v) is 11.2. The number of benzene rings is 1. The molecule has 106 valence electrons. The summed E-state index contributed by atoms with van der Waals surface area (Å²) in [5, 5.41) is 12.0. The first kappa shape index (κ1) is 15.5. The fourth-order valence-electron chi connectivity index (χ4n) is 1.50. The standard InChI is InChI=1S/C14H21NO4/c1-2-18-10-3-8-15-9-11-19-13-6-4-12(5-7-13)14(16)17/h4-7,15H,2-3,8-11H2,1H3,(H,16,17). The first-order chi connectivity index (χ1) is 9.24. The lowest BCUT2D eigenvalue weighted by Crippen LogP contribution is -2.23. The molecule has 0 spiro atoms. The van der Waals surface area contributed by atoms with Gasteiger partial charge < -0.3 is 19.9 Å². The van der Waals surface area contributed by atoms with E-state index in [2.05, 4.69) is 5.32 Å². The van der Waals surface area contributed by atoms with E-state index in [1.807, 2.05) is 6.92 Å². The van der Waals surface area contributed by atoms with Gasteiger partial charge in [-0.25, -0.2) is 4.79 Å². The Bertz CT molecular complexity index is 364. The van der Waals surface area contributed by atoms with Crippen LogP contribution in [-0.2, 0) is 4.74 Å². The summed E-state index contributed by atoms with van der Waals surface area (Å²) in [5.41, 5.74) is 0.265. The molecule has 0 heterocycles. The number of carboxylic acid groups (broad SMARTS) is 1. The largest absolute Gasteiger partial charge is 0.492 e. The molecular weight excluding hydrogens is 246 g/mol. The zero-order chi connectivity index (χ0) is 13.9. The Morgan fingerprint density at radius 2 is 1.95 bits per heavy atom. The van der Waals surface area contributed by atoms with Crippen molar-refractivity contribution in [3.63, 3.8) is 0 Å². The Morgan fingerprint density at radius 1 is 1.21 bits per heavy atom. The molecule has 0 saturated heterocycles. The summed E-state index contributed by atoms with van der Waals surface area (Å²) in [7, 11) is 0. The first-order valence-corrected chi connectivity index (χ1v) is 6.48. The van der Waals surface area contributed by atoms with E-state index in [4.69, 9.17) is 14.6 Å². The van der Waals surface area contributed by atoms with Crippen molar-refractivity contribution in [1.29, 1.82) is 0 Å². The molecule has 1 aromatic rings. The third-order valence-electron chi connectivity index (χ3n) is 2.50. The van der Waals surface area contributed by atoms with Gasteiger partial charge >= 0.3 is 5.97 Å². The van der Waals surface area contributed by atoms with E-state index < -0.39 is 5.97 Å². The number of hydrogen-bond acceptors (Lipinski definition) is 4. The van der Waals surface area contributed by atoms with Crippen LogP contribution in [0.5, 0.6) is 5.75 Å². The number of nitrogens with one attached hydrogen (secondary N) is 1. The van der Waals surface area contributed by atoms with Gasteiger partial charge in [-0.15, -0.1) is 0 Å². The van der Waals surface area contributed by atoms with Crippen molar-refractivity contribution in [1.82, 2.24) is 5.32 Å². The van der Waals surface area contributed by atoms with Gasteiger partial charge in [0.25, 0.3) is 0 Å². The van der Waals surface area contributed by atoms with Gasteiger partial charge in [-0.05, 0) is 44.2 Å². The van der Waals surface area contributed by atoms with Crippen molar-refractivity contribution < 1.29 is 19.4 Å². The van der Waals surface area contributed by atoms with Gasteiger partial charge in [0.2, 0.25) is 0 Å². The van der Waals surface area contributed by atoms with Gasteiger partial charge in [-0.3, -0.25) is 0 Å². The van der Waals surface area contributed by atoms with Crippen LogP contribution in [0.25, 0.3) is 0 Å². The summed E-state index contributed by atoms with van der Waals surface area (Å²) in [6, 6.07) is 6.40. The highest BCUT2D eigenvalue weighted by atomic mass is 16.5. The molecule has 5 nitrogen and oxygen atoms in total. The van der Waals surface area contributed by atoms with Crippen molar-refractivity contribution in [2.45, 2.75) is 13.3 Å². The van der Waals surface area contributed by atoms with Crippen LogP contribution in [-0.4, -0.2) is 44.0 Å². The Labute approximate surface area is 113 Å². The minimum Gasteiger partial charge on any atom is -0.492 e. The highest BCUT2D eigenvalue weighted by Gasteiger charge is 2.01. The summed E-state index contributed by atoms with van der Waals surface area (Å²) in [5.74, 6) is -0.247. The van der Waals surface area contributed by atoms with Crippen LogP contribution in [0, 0.1) is 0 Å². The average Bonchev–Trinajstić information content (AvgIpc) is 2.42. The van der Waals surface area contributed by atoms with Gasteiger partial charge in [-0.1, -0.05) is 0 Å². The molecule has 0 aromatic heterocycles. The van der Waals surface area contributed by atoms with Gasteiger partial charge in [-0.2, -0.15) is 0 Å². The molecule has 0 bridgehead atoms. The van der Waals surface area contributed by atoms with E-state index in [0.717, 1.165) is 32.7 Å². The molecule has 0 saturated carbocycles. The molecule has 0 unspecified atom stereocenters. The normalized spacial score (nSPS) is 10.4. The third kappa shape index (κ3) is 6.79. The molecule has 19 heavy (non-hydrogen) atoms. The van der Waals surface area contributed by atoms with Crippen LogP contribution in [0.15, 0.2) is 24.3 Å². The molecule has 0 aliphatic heterocycles. The predicted octanol–water partition coefficient (Wildman–Crippen LogP) is 1.78. The van der Waals surface area contributed by atoms with Crippen LogP contribution in [0.3, 0.4) is 0 Å². The number of rotatable bonds is 10. The molecule has 2 N–H and O–H groups in total. The van der Waals surface area contributed by atoms with Crippen molar-refractivity contribution in [3.05, 3.63) is 29.8 Å². The maximum atomic E-state index is 10.7. The Hall–Kier alpha value is -1.59. The van der Waals surface area contributed by atoms with Crippen molar-refractivity contribution >= 4 is 5.97 Å². The minimum atomic E-state index is -0.928. The fourth-order valence-corrected chi connectivity index (χ4v) is 1.50. The molecule has 0 amide bonds. The third-order valence-corrected chi connectivity index (χ3v) is 2.50. The SMILES string of the molecule is CCOCCCNCCOc1ccc(C(=O)O)cc1. The molecule has 5 heteroatoms. The molecule has 0 aliphatic rings. The number of hydrogen-bond donors (Lipinski definition) is 2. The molecule has 1 aromatic carbocycles. The van der Waals surface area contributed by atoms with Crippen LogP contribution in [0.2, 0.25) is 0 Å². The predicted molar refractivity (Wildman–Crippen MR) is 72.9 cm³/mol. The summed E-state index contributed by atoms with van der Waals surface area (Å²) in [4.78, 5) is 10.7. The van der Waals surface area contributed by atoms with Crippen LogP contribution >= 0.6 is 0 Å². The monoisotopic (exact) mass is 267 g/mol. The summed E-state index contributed by atoms with van der Waals surface area (Å²) in [6.45, 7) is 5.74. The lowest BCUT2D eigenvalue weighted by Gasteiger charge is -2.07. The Balaban J connectivity index is 2.07. The van der Waals surface area contributed by atoms with Crippen LogP contribution < -0.4 is 10.1 Å². The first-order valence-electron chi connectivity index (χ1n) is 6.48. The molecule has 0 aliphatic carbocycles. The van der Waals surface area contributed by atoms with Gasteiger partial charge in [0.1, 0.15) is 12.4 Å². The summed E-state index contributed by atoms with van der Waals surface area (Å²) < 4.78 is 10.7. The molecule has 0 fully saturated rings. The van der Waals surface area contributed by atoms with E-state index in [0.29, 0.717) is 12.4 Å². The van der Waals surface area contributed by atoms with Crippen molar-refractivity contribution in [2.75, 3.05) is 32.9 Å². The van der Waals surface area contributed by atoms with Crippen molar-refractivity contribution in [2.24, 2.45) is 0 Å². The van der Waals surface area contributed by atoms with E-state index in [-0.39, 0.29) is 5.56 Å². The van der Waals surface area contributed by atoms with Crippen LogP contribution in [0.4, 0.5) is 0 Å². The van der Waals surface area contributed by atoms with Gasteiger partial charge in [0.15, 0.2) is 0 Å². The van der Waals surface area contributed by atoms with Gasteiger partial charge in [0.05, 0.1) is 5.56 Å². The Kier molecular flexibility index (Phi) is 7.62. The zero-order valence-electron chi connectivity index (χ0n) is 11.2. The second kappa shape index (κ2) is 9.35. The number of ether oxygens (including phenoxy) is 2. The highest BCUT2D eigenvalue weighted by molar-refractivity contribution is 5.87. The topological polar surface area (TPSA) is 67.8 Å². The maximum absolute atomic E-state index is 10.7. The number of carbonyl (C=O) groups is 1. The van der Waals surface area contributed by atoms with E-state index in [1.54, 1.807) is 12.1 Å². The second-order valence-corrected chi connectivity index (χ2v) is 3.98. The Morgan fingerprint density at radius 3 is 2.58 bits per heavy atom. The van der Waals surface area contributed by atoms with Crippen LogP contribution in [0.1, 0.15) is 23.7 Å². The summed E-state index contributed by atoms with van der Waals surface area (Å²) in [6.07, 6.45) is 0.987. The molecule has 1 rings (SSSR count). The van der Waals surface area contributed by atoms with E-state index in [1.165, 1.54) is 12.1 Å². The van der Waals surface area contributed by atoms with Crippen molar-refractivity contribution in [3.8, 4) is 5.75 Å². The molecular formula is C14H21NO4. The lowest BCUT2D eigenvalue weighted by molar-refractivity contribution is 0.0697. The maximum Gasteiger partial charge on any atom is 0.335 e. The molecule has 0 atom stereocenters.